The molecule has 1 aromatic carbocycles. The molecule has 0 unspecified atom stereocenters. The quantitative estimate of drug-likeness (QED) is 0.642. The number of H-pyrrole nitrogens is 2. The summed E-state index contributed by atoms with van der Waals surface area (Å²) >= 11 is 5.86. The highest BCUT2D eigenvalue weighted by Gasteiger charge is 2.23. The van der Waals surface area contributed by atoms with E-state index in [1.165, 1.54) is 0 Å². The number of hydrogen-bond donors (Lipinski definition) is 3. The molecular formula is C11H6ClN3O3. The zero-order chi connectivity index (χ0) is 12.9. The zero-order valence-electron chi connectivity index (χ0n) is 8.82. The lowest BCUT2D eigenvalue weighted by atomic mass is 10.1. The first-order chi connectivity index (χ1) is 8.56. The molecular weight excluding hydrogens is 258 g/mol. The van der Waals surface area contributed by atoms with Crippen molar-refractivity contribution in [2.45, 2.75) is 0 Å². The van der Waals surface area contributed by atoms with Crippen LogP contribution in [0.15, 0.2) is 28.0 Å². The molecule has 6 nitrogen and oxygen atoms in total. The number of aromatic amines is 2. The third-order valence-electron chi connectivity index (χ3n) is 2.62. The van der Waals surface area contributed by atoms with Crippen LogP contribution in [0.3, 0.4) is 0 Å². The highest BCUT2D eigenvalue weighted by atomic mass is 35.5. The summed E-state index contributed by atoms with van der Waals surface area (Å²) < 4.78 is 0. The van der Waals surface area contributed by atoms with Gasteiger partial charge in [-0.1, -0.05) is 11.6 Å². The minimum Gasteiger partial charge on any atom is -0.493 e. The second-order valence-corrected chi connectivity index (χ2v) is 4.19. The molecule has 3 N–H and O–H groups in total. The number of hydrogen-bond acceptors (Lipinski definition) is 3. The van der Waals surface area contributed by atoms with Crippen molar-refractivity contribution < 1.29 is 9.90 Å². The first-order valence-corrected chi connectivity index (χ1v) is 5.38. The molecule has 0 bridgehead atoms. The van der Waals surface area contributed by atoms with E-state index >= 15 is 0 Å². The third kappa shape index (κ3) is 1.46. The number of carbonyl (C=O) groups is 1. The standard InChI is InChI=1S/C11H6ClN3O3/c12-4-1-2-6-5(3-4)7(9(16)13-6)8-10(17)15-11(18)14-8/h1-3,17H,(H2,14,15,18). The van der Waals surface area contributed by atoms with Crippen LogP contribution in [-0.4, -0.2) is 21.0 Å². The highest BCUT2D eigenvalue weighted by molar-refractivity contribution is 6.30. The normalized spacial score (nSPS) is 13.6. The predicted molar refractivity (Wildman–Crippen MR) is 62.8 cm³/mol. The molecule has 2 heterocycles. The van der Waals surface area contributed by atoms with Gasteiger partial charge in [0.25, 0.3) is 5.91 Å². The van der Waals surface area contributed by atoms with Crippen molar-refractivity contribution in [1.29, 1.82) is 0 Å². The van der Waals surface area contributed by atoms with E-state index in [2.05, 4.69) is 15.0 Å². The summed E-state index contributed by atoms with van der Waals surface area (Å²) in [5.74, 6) is -0.927. The maximum atomic E-state index is 11.8. The van der Waals surface area contributed by atoms with Crippen molar-refractivity contribution in [3.63, 3.8) is 0 Å². The van der Waals surface area contributed by atoms with Crippen molar-refractivity contribution in [3.8, 4) is 5.88 Å². The Morgan fingerprint density at radius 1 is 1.22 bits per heavy atom. The van der Waals surface area contributed by atoms with Gasteiger partial charge in [-0.25, -0.2) is 9.79 Å². The number of fused-ring (bicyclic) bond motifs is 1. The van der Waals surface area contributed by atoms with Crippen molar-refractivity contribution in [2.24, 2.45) is 4.99 Å². The molecule has 1 aromatic heterocycles. The number of amides is 1. The Kier molecular flexibility index (Phi) is 2.14. The van der Waals surface area contributed by atoms with Gasteiger partial charge in [0, 0.05) is 10.2 Å². The third-order valence-corrected chi connectivity index (χ3v) is 2.86. The monoisotopic (exact) mass is 263 g/mol. The minimum atomic E-state index is -0.599. The molecule has 90 valence electrons. The Labute approximate surface area is 104 Å². The number of carbonyl (C=O) groups excluding carboxylic acids is 1. The molecule has 2 aromatic rings. The van der Waals surface area contributed by atoms with Gasteiger partial charge >= 0.3 is 5.69 Å². The molecule has 1 amide bonds. The SMILES string of the molecule is O=C1N=c2ccc(Cl)cc2=C1c1[nH]c(=O)[nH]c1O. The van der Waals surface area contributed by atoms with E-state index in [1.54, 1.807) is 18.2 Å². The van der Waals surface area contributed by atoms with Crippen LogP contribution in [0.5, 0.6) is 5.88 Å². The molecule has 7 heteroatoms. The van der Waals surface area contributed by atoms with E-state index in [1.807, 2.05) is 0 Å². The smallest absolute Gasteiger partial charge is 0.326 e. The Balaban J connectivity index is 2.45. The molecule has 0 atom stereocenters. The van der Waals surface area contributed by atoms with Crippen molar-refractivity contribution in [2.75, 3.05) is 0 Å². The van der Waals surface area contributed by atoms with Gasteiger partial charge < -0.3 is 10.1 Å². The number of benzene rings is 1. The first kappa shape index (κ1) is 10.8. The first-order valence-electron chi connectivity index (χ1n) is 5.01. The molecule has 0 fully saturated rings. The van der Waals surface area contributed by atoms with Crippen LogP contribution < -0.4 is 16.3 Å². The number of nitrogens with one attached hydrogen (secondary N) is 2. The second-order valence-electron chi connectivity index (χ2n) is 3.76. The average Bonchev–Trinajstić information content (AvgIpc) is 2.77. The van der Waals surface area contributed by atoms with Gasteiger partial charge in [0.2, 0.25) is 5.88 Å². The number of rotatable bonds is 1. The minimum absolute atomic E-state index is 0.0229. The van der Waals surface area contributed by atoms with Gasteiger partial charge in [-0.3, -0.25) is 9.78 Å². The maximum absolute atomic E-state index is 11.8. The predicted octanol–water partition coefficient (Wildman–Crippen LogP) is -0.579. The molecule has 0 saturated heterocycles. The molecule has 0 spiro atoms. The van der Waals surface area contributed by atoms with Crippen LogP contribution in [0.2, 0.25) is 5.02 Å². The Morgan fingerprint density at radius 3 is 2.67 bits per heavy atom. The van der Waals surface area contributed by atoms with E-state index in [4.69, 9.17) is 11.6 Å². The lowest BCUT2D eigenvalue weighted by Crippen LogP contribution is -2.23. The van der Waals surface area contributed by atoms with Crippen LogP contribution >= 0.6 is 11.6 Å². The fourth-order valence-corrected chi connectivity index (χ4v) is 2.06. The van der Waals surface area contributed by atoms with Gasteiger partial charge in [-0.05, 0) is 18.2 Å². The van der Waals surface area contributed by atoms with Crippen molar-refractivity contribution in [3.05, 3.63) is 50.0 Å². The van der Waals surface area contributed by atoms with Crippen LogP contribution in [-0.2, 0) is 4.79 Å². The summed E-state index contributed by atoms with van der Waals surface area (Å²) in [6, 6.07) is 4.77. The van der Waals surface area contributed by atoms with Crippen LogP contribution in [0.4, 0.5) is 0 Å². The van der Waals surface area contributed by atoms with E-state index < -0.39 is 17.5 Å². The van der Waals surface area contributed by atoms with Gasteiger partial charge in [0.05, 0.1) is 10.9 Å². The lowest BCUT2D eigenvalue weighted by molar-refractivity contribution is -0.112. The van der Waals surface area contributed by atoms with E-state index in [0.717, 1.165) is 0 Å². The van der Waals surface area contributed by atoms with Crippen LogP contribution in [0.1, 0.15) is 5.69 Å². The van der Waals surface area contributed by atoms with E-state index in [-0.39, 0.29) is 11.3 Å². The van der Waals surface area contributed by atoms with E-state index in [9.17, 15) is 14.7 Å². The average molecular weight is 264 g/mol. The highest BCUT2D eigenvalue weighted by Crippen LogP contribution is 2.19. The molecule has 1 aliphatic rings. The van der Waals surface area contributed by atoms with Crippen LogP contribution in [0.25, 0.3) is 5.57 Å². The van der Waals surface area contributed by atoms with Gasteiger partial charge in [0.1, 0.15) is 5.69 Å². The largest absolute Gasteiger partial charge is 0.493 e. The lowest BCUT2D eigenvalue weighted by Gasteiger charge is -1.96. The molecule has 1 aliphatic heterocycles. The molecule has 0 radical (unpaired) electrons. The number of aromatic hydroxyl groups is 1. The number of halogens is 1. The van der Waals surface area contributed by atoms with Crippen LogP contribution in [0, 0.1) is 0 Å². The molecule has 0 saturated carbocycles. The summed E-state index contributed by atoms with van der Waals surface area (Å²) in [5, 5.41) is 11.0. The summed E-state index contributed by atoms with van der Waals surface area (Å²) in [4.78, 5) is 31.2. The molecule has 0 aliphatic carbocycles. The zero-order valence-corrected chi connectivity index (χ0v) is 9.58. The topological polar surface area (TPSA) is 98.3 Å². The van der Waals surface area contributed by atoms with Gasteiger partial charge in [-0.2, -0.15) is 0 Å². The summed E-state index contributed by atoms with van der Waals surface area (Å²) in [7, 11) is 0. The van der Waals surface area contributed by atoms with E-state index in [0.29, 0.717) is 15.6 Å². The van der Waals surface area contributed by atoms with Crippen molar-refractivity contribution in [1.82, 2.24) is 9.97 Å². The maximum Gasteiger partial charge on any atom is 0.326 e. The molecule has 18 heavy (non-hydrogen) atoms. The number of aromatic nitrogens is 2. The summed E-state index contributed by atoms with van der Waals surface area (Å²) in [5.41, 5.74) is -0.448. The van der Waals surface area contributed by atoms with Crippen molar-refractivity contribution >= 4 is 23.1 Å². The second kappa shape index (κ2) is 3.58. The summed E-state index contributed by atoms with van der Waals surface area (Å²) in [6.45, 7) is 0. The fourth-order valence-electron chi connectivity index (χ4n) is 1.88. The Morgan fingerprint density at radius 2 is 2.00 bits per heavy atom. The van der Waals surface area contributed by atoms with Gasteiger partial charge in [0.15, 0.2) is 0 Å². The number of imidazole rings is 1. The summed E-state index contributed by atoms with van der Waals surface area (Å²) in [6.07, 6.45) is 0. The number of nitrogens with zero attached hydrogens (tertiary/aromatic N) is 1. The Bertz CT molecular complexity index is 847. The molecule has 3 rings (SSSR count). The fraction of sp³-hybridized carbons (Fsp3) is 0. The van der Waals surface area contributed by atoms with Gasteiger partial charge in [-0.15, -0.1) is 0 Å². The Hall–Kier alpha value is -2.34.